The summed E-state index contributed by atoms with van der Waals surface area (Å²) in [4.78, 5) is 2.42. The Morgan fingerprint density at radius 2 is 2.00 bits per heavy atom. The number of halogens is 1. The van der Waals surface area contributed by atoms with Crippen LogP contribution in [0.15, 0.2) is 18.2 Å². The number of hydrogen-bond acceptors (Lipinski definition) is 2. The lowest BCUT2D eigenvalue weighted by atomic mass is 9.85. The summed E-state index contributed by atoms with van der Waals surface area (Å²) < 4.78 is 0. The molecule has 1 aromatic rings. The second-order valence-corrected chi connectivity index (χ2v) is 6.91. The third kappa shape index (κ3) is 3.64. The SMILES string of the molecule is C[C@@H](N)c1ccc(N2CCCC(C)(C)CC2)c(Cl)c1. The Morgan fingerprint density at radius 1 is 1.26 bits per heavy atom. The van der Waals surface area contributed by atoms with Crippen LogP contribution in [0.3, 0.4) is 0 Å². The number of nitrogens with zero attached hydrogens (tertiary/aromatic N) is 1. The number of benzene rings is 1. The zero-order valence-electron chi connectivity index (χ0n) is 12.2. The van der Waals surface area contributed by atoms with Crippen LogP contribution < -0.4 is 10.6 Å². The van der Waals surface area contributed by atoms with Gasteiger partial charge in [0.2, 0.25) is 0 Å². The highest BCUT2D eigenvalue weighted by atomic mass is 35.5. The van der Waals surface area contributed by atoms with Gasteiger partial charge in [-0.3, -0.25) is 0 Å². The number of nitrogens with two attached hydrogens (primary N) is 1. The first-order chi connectivity index (χ1) is 8.89. The molecule has 0 radical (unpaired) electrons. The highest BCUT2D eigenvalue weighted by Gasteiger charge is 2.24. The van der Waals surface area contributed by atoms with Crippen molar-refractivity contribution >= 4 is 17.3 Å². The molecule has 0 saturated carbocycles. The summed E-state index contributed by atoms with van der Waals surface area (Å²) in [5, 5.41) is 0.828. The zero-order chi connectivity index (χ0) is 14.0. The van der Waals surface area contributed by atoms with E-state index in [2.05, 4.69) is 30.9 Å². The first-order valence-electron chi connectivity index (χ1n) is 7.19. The van der Waals surface area contributed by atoms with Gasteiger partial charge in [-0.2, -0.15) is 0 Å². The summed E-state index contributed by atoms with van der Waals surface area (Å²) in [5.74, 6) is 0. The van der Waals surface area contributed by atoms with E-state index in [0.717, 1.165) is 29.4 Å². The van der Waals surface area contributed by atoms with Crippen LogP contribution in [-0.2, 0) is 0 Å². The molecule has 0 aromatic heterocycles. The van der Waals surface area contributed by atoms with Crippen molar-refractivity contribution in [1.29, 1.82) is 0 Å². The standard InChI is InChI=1S/C16H25ClN2/c1-12(18)13-5-6-15(14(17)11-13)19-9-4-7-16(2,3)8-10-19/h5-6,11-12H,4,7-10,18H2,1-3H3/t12-/m1/s1. The molecule has 2 N–H and O–H groups in total. The largest absolute Gasteiger partial charge is 0.370 e. The number of hydrogen-bond donors (Lipinski definition) is 1. The van der Waals surface area contributed by atoms with Gasteiger partial charge in [0.25, 0.3) is 0 Å². The van der Waals surface area contributed by atoms with Crippen LogP contribution >= 0.6 is 11.6 Å². The fourth-order valence-corrected chi connectivity index (χ4v) is 3.04. The van der Waals surface area contributed by atoms with Crippen LogP contribution in [0.5, 0.6) is 0 Å². The average Bonchev–Trinajstić information content (AvgIpc) is 2.50. The molecule has 0 amide bonds. The smallest absolute Gasteiger partial charge is 0.0642 e. The Bertz CT molecular complexity index is 440. The Hall–Kier alpha value is -0.730. The molecule has 1 aliphatic heterocycles. The van der Waals surface area contributed by atoms with E-state index in [0.29, 0.717) is 5.41 Å². The Kier molecular flexibility index (Phi) is 4.42. The normalized spacial score (nSPS) is 21.0. The minimum Gasteiger partial charge on any atom is -0.370 e. The molecule has 1 saturated heterocycles. The molecular weight excluding hydrogens is 256 g/mol. The highest BCUT2D eigenvalue weighted by Crippen LogP contribution is 2.34. The van der Waals surface area contributed by atoms with Crippen LogP contribution in [0.4, 0.5) is 5.69 Å². The molecule has 2 rings (SSSR count). The molecule has 0 aliphatic carbocycles. The van der Waals surface area contributed by atoms with Crippen molar-refractivity contribution in [2.45, 2.75) is 46.1 Å². The van der Waals surface area contributed by atoms with Gasteiger partial charge in [0, 0.05) is 19.1 Å². The Morgan fingerprint density at radius 3 is 2.63 bits per heavy atom. The van der Waals surface area contributed by atoms with Crippen LogP contribution in [0.1, 0.15) is 51.6 Å². The second kappa shape index (κ2) is 5.72. The van der Waals surface area contributed by atoms with Gasteiger partial charge in [0.15, 0.2) is 0 Å². The summed E-state index contributed by atoms with van der Waals surface area (Å²) in [6.07, 6.45) is 3.75. The maximum Gasteiger partial charge on any atom is 0.0642 e. The van der Waals surface area contributed by atoms with E-state index >= 15 is 0 Å². The van der Waals surface area contributed by atoms with Crippen molar-refractivity contribution in [2.75, 3.05) is 18.0 Å². The molecule has 1 aromatic carbocycles. The van der Waals surface area contributed by atoms with E-state index in [1.54, 1.807) is 0 Å². The van der Waals surface area contributed by atoms with Crippen molar-refractivity contribution in [2.24, 2.45) is 11.1 Å². The van der Waals surface area contributed by atoms with Gasteiger partial charge >= 0.3 is 0 Å². The molecule has 0 unspecified atom stereocenters. The third-order valence-electron chi connectivity index (χ3n) is 4.18. The summed E-state index contributed by atoms with van der Waals surface area (Å²) in [6, 6.07) is 6.27. The number of anilines is 1. The minimum absolute atomic E-state index is 0.0367. The molecule has 19 heavy (non-hydrogen) atoms. The van der Waals surface area contributed by atoms with E-state index in [-0.39, 0.29) is 6.04 Å². The van der Waals surface area contributed by atoms with Gasteiger partial charge < -0.3 is 10.6 Å². The summed E-state index contributed by atoms with van der Waals surface area (Å²) in [5.41, 5.74) is 8.61. The minimum atomic E-state index is 0.0367. The first kappa shape index (κ1) is 14.7. The van der Waals surface area contributed by atoms with Gasteiger partial charge in [-0.05, 0) is 49.3 Å². The van der Waals surface area contributed by atoms with Crippen LogP contribution in [-0.4, -0.2) is 13.1 Å². The molecule has 1 aliphatic rings. The molecule has 3 heteroatoms. The van der Waals surface area contributed by atoms with E-state index < -0.39 is 0 Å². The van der Waals surface area contributed by atoms with Gasteiger partial charge in [0.05, 0.1) is 10.7 Å². The fourth-order valence-electron chi connectivity index (χ4n) is 2.73. The molecule has 2 nitrogen and oxygen atoms in total. The van der Waals surface area contributed by atoms with Crippen LogP contribution in [0.2, 0.25) is 5.02 Å². The predicted molar refractivity (Wildman–Crippen MR) is 83.9 cm³/mol. The monoisotopic (exact) mass is 280 g/mol. The predicted octanol–water partition coefficient (Wildman–Crippen LogP) is 4.38. The van der Waals surface area contributed by atoms with Gasteiger partial charge in [-0.25, -0.2) is 0 Å². The molecule has 106 valence electrons. The molecule has 1 atom stereocenters. The van der Waals surface area contributed by atoms with Crippen LogP contribution in [0, 0.1) is 5.41 Å². The van der Waals surface area contributed by atoms with E-state index in [1.807, 2.05) is 13.0 Å². The summed E-state index contributed by atoms with van der Waals surface area (Å²) in [7, 11) is 0. The molecule has 0 spiro atoms. The third-order valence-corrected chi connectivity index (χ3v) is 4.48. The Balaban J connectivity index is 2.18. The zero-order valence-corrected chi connectivity index (χ0v) is 13.0. The van der Waals surface area contributed by atoms with Crippen molar-refractivity contribution in [1.82, 2.24) is 0 Å². The van der Waals surface area contributed by atoms with Gasteiger partial charge in [-0.1, -0.05) is 31.5 Å². The van der Waals surface area contributed by atoms with Crippen LogP contribution in [0.25, 0.3) is 0 Å². The molecule has 0 bridgehead atoms. The Labute approximate surface area is 121 Å². The topological polar surface area (TPSA) is 29.3 Å². The fraction of sp³-hybridized carbons (Fsp3) is 0.625. The lowest BCUT2D eigenvalue weighted by molar-refractivity contribution is 0.325. The maximum atomic E-state index is 6.43. The van der Waals surface area contributed by atoms with Crippen molar-refractivity contribution in [3.63, 3.8) is 0 Å². The summed E-state index contributed by atoms with van der Waals surface area (Å²) >= 11 is 6.43. The second-order valence-electron chi connectivity index (χ2n) is 6.50. The quantitative estimate of drug-likeness (QED) is 0.871. The maximum absolute atomic E-state index is 6.43. The first-order valence-corrected chi connectivity index (χ1v) is 7.57. The molecule has 1 fully saturated rings. The van der Waals surface area contributed by atoms with Crippen molar-refractivity contribution in [3.8, 4) is 0 Å². The number of rotatable bonds is 2. The van der Waals surface area contributed by atoms with Gasteiger partial charge in [0.1, 0.15) is 0 Å². The van der Waals surface area contributed by atoms with Crippen molar-refractivity contribution in [3.05, 3.63) is 28.8 Å². The average molecular weight is 281 g/mol. The summed E-state index contributed by atoms with van der Waals surface area (Å²) in [6.45, 7) is 8.89. The molecule has 1 heterocycles. The lowest BCUT2D eigenvalue weighted by Crippen LogP contribution is -2.25. The van der Waals surface area contributed by atoms with Crippen molar-refractivity contribution < 1.29 is 0 Å². The van der Waals surface area contributed by atoms with E-state index in [9.17, 15) is 0 Å². The molecular formula is C16H25ClN2. The lowest BCUT2D eigenvalue weighted by Gasteiger charge is -2.26. The van der Waals surface area contributed by atoms with E-state index in [4.69, 9.17) is 17.3 Å². The van der Waals surface area contributed by atoms with Gasteiger partial charge in [-0.15, -0.1) is 0 Å². The highest BCUT2D eigenvalue weighted by molar-refractivity contribution is 6.33. The van der Waals surface area contributed by atoms with E-state index in [1.165, 1.54) is 19.3 Å².